The van der Waals surface area contributed by atoms with Crippen LogP contribution in [0.1, 0.15) is 9.67 Å². The quantitative estimate of drug-likeness (QED) is 0.449. The summed E-state index contributed by atoms with van der Waals surface area (Å²) in [4.78, 5) is 18.2. The monoisotopic (exact) mass is 441 g/mol. The summed E-state index contributed by atoms with van der Waals surface area (Å²) in [6.45, 7) is 0.194. The molecule has 3 N–H and O–H groups in total. The predicted molar refractivity (Wildman–Crippen MR) is 115 cm³/mol. The van der Waals surface area contributed by atoms with E-state index in [1.165, 1.54) is 12.1 Å². The Morgan fingerprint density at radius 1 is 1.13 bits per heavy atom. The maximum Gasteiger partial charge on any atom is 0.268 e. The molecule has 0 unspecified atom stereocenters. The van der Waals surface area contributed by atoms with E-state index in [1.54, 1.807) is 0 Å². The highest BCUT2D eigenvalue weighted by atomic mass is 35.5. The highest BCUT2D eigenvalue weighted by molar-refractivity contribution is 7.21. The molecule has 0 fully saturated rings. The molecule has 0 atom stereocenters. The van der Waals surface area contributed by atoms with Crippen molar-refractivity contribution in [3.8, 4) is 22.8 Å². The van der Waals surface area contributed by atoms with Crippen LogP contribution in [0.4, 0.5) is 15.8 Å². The van der Waals surface area contributed by atoms with Gasteiger partial charge in [-0.05, 0) is 48.5 Å². The van der Waals surface area contributed by atoms with Crippen molar-refractivity contribution < 1.29 is 18.7 Å². The van der Waals surface area contributed by atoms with Gasteiger partial charge in [0, 0.05) is 16.0 Å². The van der Waals surface area contributed by atoms with Gasteiger partial charge in [0.2, 0.25) is 6.79 Å². The number of hydrogen-bond acceptors (Lipinski definition) is 6. The second kappa shape index (κ2) is 7.16. The number of pyridine rings is 1. The lowest BCUT2D eigenvalue weighted by Crippen LogP contribution is -2.13. The van der Waals surface area contributed by atoms with Crippen LogP contribution in [0.5, 0.6) is 11.5 Å². The molecule has 6 nitrogen and oxygen atoms in total. The normalized spacial score (nSPS) is 12.3. The molecule has 0 radical (unpaired) electrons. The molecule has 9 heteroatoms. The van der Waals surface area contributed by atoms with E-state index in [2.05, 4.69) is 10.3 Å². The van der Waals surface area contributed by atoms with Crippen molar-refractivity contribution in [2.24, 2.45) is 0 Å². The zero-order valence-corrected chi connectivity index (χ0v) is 16.8. The largest absolute Gasteiger partial charge is 0.454 e. The third-order valence-corrected chi connectivity index (χ3v) is 6.00. The number of ether oxygens (including phenoxy) is 2. The number of nitrogens with two attached hydrogens (primary N) is 1. The fourth-order valence-corrected chi connectivity index (χ4v) is 4.30. The number of rotatable bonds is 3. The van der Waals surface area contributed by atoms with Crippen molar-refractivity contribution in [1.29, 1.82) is 0 Å². The van der Waals surface area contributed by atoms with Crippen molar-refractivity contribution in [3.63, 3.8) is 0 Å². The number of fused-ring (bicyclic) bond motifs is 2. The van der Waals surface area contributed by atoms with Gasteiger partial charge in [-0.3, -0.25) is 4.79 Å². The van der Waals surface area contributed by atoms with Gasteiger partial charge in [-0.1, -0.05) is 11.6 Å². The molecule has 0 saturated carbocycles. The molecule has 150 valence electrons. The highest BCUT2D eigenvalue weighted by Crippen LogP contribution is 2.38. The van der Waals surface area contributed by atoms with Crippen molar-refractivity contribution in [1.82, 2.24) is 4.98 Å². The molecule has 0 bridgehead atoms. The topological polar surface area (TPSA) is 86.5 Å². The minimum atomic E-state index is -0.626. The number of thiophene rings is 1. The SMILES string of the molecule is Nc1c(C(=O)Nc2ccc(Cl)cc2F)sc2nc(-c3ccc4c(c3)OCO4)ccc12. The number of nitrogens with one attached hydrogen (secondary N) is 1. The van der Waals surface area contributed by atoms with Crippen molar-refractivity contribution in [2.75, 3.05) is 17.8 Å². The Morgan fingerprint density at radius 3 is 2.80 bits per heavy atom. The summed E-state index contributed by atoms with van der Waals surface area (Å²) in [6, 6.07) is 13.2. The lowest BCUT2D eigenvalue weighted by atomic mass is 10.1. The van der Waals surface area contributed by atoms with Crippen molar-refractivity contribution in [2.45, 2.75) is 0 Å². The summed E-state index contributed by atoms with van der Waals surface area (Å²) >= 11 is 6.89. The molecule has 3 heterocycles. The molecule has 2 aromatic heterocycles. The molecule has 0 spiro atoms. The summed E-state index contributed by atoms with van der Waals surface area (Å²) in [7, 11) is 0. The van der Waals surface area contributed by atoms with Crippen molar-refractivity contribution in [3.05, 3.63) is 64.2 Å². The average molecular weight is 442 g/mol. The van der Waals surface area contributed by atoms with E-state index in [1.807, 2.05) is 30.3 Å². The van der Waals surface area contributed by atoms with Gasteiger partial charge in [0.25, 0.3) is 5.91 Å². The molecule has 1 amide bonds. The number of nitrogens with zero attached hydrogens (tertiary/aromatic N) is 1. The van der Waals surface area contributed by atoms with Gasteiger partial charge in [-0.25, -0.2) is 9.37 Å². The molecular formula is C21H13ClFN3O3S. The Bertz CT molecular complexity index is 1320. The zero-order valence-electron chi connectivity index (χ0n) is 15.2. The number of nitrogen functional groups attached to an aromatic ring is 1. The van der Waals surface area contributed by atoms with Gasteiger partial charge in [0.05, 0.1) is 17.1 Å². The van der Waals surface area contributed by atoms with Gasteiger partial charge < -0.3 is 20.5 Å². The number of carbonyl (C=O) groups excluding carboxylic acids is 1. The lowest BCUT2D eigenvalue weighted by Gasteiger charge is -2.05. The number of halogens is 2. The molecule has 0 saturated heterocycles. The van der Waals surface area contributed by atoms with Crippen LogP contribution in [0.3, 0.4) is 0 Å². The van der Waals surface area contributed by atoms with Gasteiger partial charge in [0.15, 0.2) is 11.5 Å². The molecule has 5 rings (SSSR count). The Hall–Kier alpha value is -3.36. The first kappa shape index (κ1) is 18.7. The van der Waals surface area contributed by atoms with Crippen LogP contribution >= 0.6 is 22.9 Å². The molecule has 1 aliphatic heterocycles. The number of carbonyl (C=O) groups is 1. The number of anilines is 2. The first-order chi connectivity index (χ1) is 14.5. The predicted octanol–water partition coefficient (Wildman–Crippen LogP) is 5.32. The van der Waals surface area contributed by atoms with Gasteiger partial charge in [-0.2, -0.15) is 0 Å². The third kappa shape index (κ3) is 3.20. The maximum atomic E-state index is 14.0. The smallest absolute Gasteiger partial charge is 0.268 e. The number of benzene rings is 2. The molecule has 30 heavy (non-hydrogen) atoms. The van der Waals surface area contributed by atoms with Gasteiger partial charge in [0.1, 0.15) is 15.5 Å². The summed E-state index contributed by atoms with van der Waals surface area (Å²) in [6.07, 6.45) is 0. The van der Waals surface area contributed by atoms with Crippen LogP contribution in [0.15, 0.2) is 48.5 Å². The maximum absolute atomic E-state index is 14.0. The number of aromatic nitrogens is 1. The van der Waals surface area contributed by atoms with E-state index in [9.17, 15) is 9.18 Å². The first-order valence-corrected chi connectivity index (χ1v) is 10.0. The molecule has 1 aliphatic rings. The van der Waals surface area contributed by atoms with E-state index in [4.69, 9.17) is 26.8 Å². The van der Waals surface area contributed by atoms with Crippen LogP contribution < -0.4 is 20.5 Å². The van der Waals surface area contributed by atoms with Crippen LogP contribution in [0, 0.1) is 5.82 Å². The number of amides is 1. The molecule has 2 aromatic carbocycles. The minimum absolute atomic E-state index is 0.0234. The first-order valence-electron chi connectivity index (χ1n) is 8.85. The fraction of sp³-hybridized carbons (Fsp3) is 0.0476. The summed E-state index contributed by atoms with van der Waals surface area (Å²) in [5, 5.41) is 3.43. The van der Waals surface area contributed by atoms with Crippen LogP contribution in [0.2, 0.25) is 5.02 Å². The summed E-state index contributed by atoms with van der Waals surface area (Å²) in [5.74, 6) is 0.207. The fourth-order valence-electron chi connectivity index (χ4n) is 3.15. The Kier molecular flexibility index (Phi) is 4.45. The van der Waals surface area contributed by atoms with E-state index in [-0.39, 0.29) is 22.4 Å². The number of hydrogen-bond donors (Lipinski definition) is 2. The second-order valence-electron chi connectivity index (χ2n) is 6.54. The standard InChI is InChI=1S/C21H13ClFN3O3S/c22-11-2-4-15(13(23)8-11)25-20(27)19-18(24)12-3-5-14(26-21(12)30-19)10-1-6-16-17(7-10)29-9-28-16/h1-8H,9,24H2,(H,25,27). The minimum Gasteiger partial charge on any atom is -0.454 e. The molecule has 4 aromatic rings. The van der Waals surface area contributed by atoms with E-state index < -0.39 is 11.7 Å². The van der Waals surface area contributed by atoms with E-state index in [0.717, 1.165) is 23.0 Å². The van der Waals surface area contributed by atoms with Gasteiger partial charge >= 0.3 is 0 Å². The third-order valence-electron chi connectivity index (χ3n) is 4.65. The van der Waals surface area contributed by atoms with Crippen LogP contribution in [-0.4, -0.2) is 17.7 Å². The molecular weight excluding hydrogens is 429 g/mol. The molecule has 0 aliphatic carbocycles. The zero-order chi connectivity index (χ0) is 20.8. The summed E-state index contributed by atoms with van der Waals surface area (Å²) < 4.78 is 24.8. The summed E-state index contributed by atoms with van der Waals surface area (Å²) in [5.41, 5.74) is 8.05. The van der Waals surface area contributed by atoms with Gasteiger partial charge in [-0.15, -0.1) is 11.3 Å². The van der Waals surface area contributed by atoms with Crippen molar-refractivity contribution >= 4 is 50.4 Å². The Labute approximate surface area is 179 Å². The Balaban J connectivity index is 1.48. The Morgan fingerprint density at radius 2 is 1.97 bits per heavy atom. The second-order valence-corrected chi connectivity index (χ2v) is 7.98. The lowest BCUT2D eigenvalue weighted by molar-refractivity contribution is 0.103. The van der Waals surface area contributed by atoms with Crippen LogP contribution in [-0.2, 0) is 0 Å². The van der Waals surface area contributed by atoms with E-state index in [0.29, 0.717) is 33.1 Å². The van der Waals surface area contributed by atoms with Crippen LogP contribution in [0.25, 0.3) is 21.5 Å². The van der Waals surface area contributed by atoms with E-state index >= 15 is 0 Å². The highest BCUT2D eigenvalue weighted by Gasteiger charge is 2.20. The average Bonchev–Trinajstić information content (AvgIpc) is 3.33.